The number of nitrogens with zero attached hydrogens (tertiary/aromatic N) is 1. The van der Waals surface area contributed by atoms with Crippen LogP contribution in [0.5, 0.6) is 0 Å². The van der Waals surface area contributed by atoms with Crippen LogP contribution in [0.3, 0.4) is 0 Å². The molecule has 3 nitrogen and oxygen atoms in total. The summed E-state index contributed by atoms with van der Waals surface area (Å²) >= 11 is 0. The number of anilines is 1. The smallest absolute Gasteiger partial charge is 0.139 e. The van der Waals surface area contributed by atoms with Gasteiger partial charge in [0.2, 0.25) is 0 Å². The van der Waals surface area contributed by atoms with E-state index < -0.39 is 0 Å². The molecule has 15 heavy (non-hydrogen) atoms. The molecule has 2 N–H and O–H groups in total. The van der Waals surface area contributed by atoms with E-state index in [1.165, 1.54) is 11.3 Å². The van der Waals surface area contributed by atoms with Crippen LogP contribution in [0, 0.1) is 0 Å². The molecule has 0 aromatic heterocycles. The SMILES string of the molecule is NCc1ccc2c(c1)N(CC=O)CCC2. The van der Waals surface area contributed by atoms with Crippen molar-refractivity contribution < 1.29 is 4.79 Å². The zero-order chi connectivity index (χ0) is 10.7. The fourth-order valence-corrected chi connectivity index (χ4v) is 2.10. The standard InChI is InChI=1S/C12H16N2O/c13-9-10-3-4-11-2-1-5-14(6-7-15)12(11)8-10/h3-4,7-8H,1-2,5-6,9,13H2. The molecular weight excluding hydrogens is 188 g/mol. The number of carbonyl (C=O) groups excluding carboxylic acids is 1. The molecule has 0 radical (unpaired) electrons. The molecule has 0 spiro atoms. The Balaban J connectivity index is 2.34. The zero-order valence-electron chi connectivity index (χ0n) is 8.78. The minimum atomic E-state index is 0.487. The van der Waals surface area contributed by atoms with Crippen LogP contribution in [-0.4, -0.2) is 19.4 Å². The third-order valence-electron chi connectivity index (χ3n) is 2.90. The molecule has 0 saturated heterocycles. The number of aryl methyl sites for hydroxylation is 1. The van der Waals surface area contributed by atoms with Gasteiger partial charge in [-0.1, -0.05) is 12.1 Å². The van der Waals surface area contributed by atoms with Crippen LogP contribution in [0.4, 0.5) is 5.69 Å². The minimum absolute atomic E-state index is 0.487. The molecule has 3 heteroatoms. The molecule has 0 amide bonds. The lowest BCUT2D eigenvalue weighted by molar-refractivity contribution is -0.106. The average molecular weight is 204 g/mol. The van der Waals surface area contributed by atoms with Crippen molar-refractivity contribution in [2.45, 2.75) is 19.4 Å². The van der Waals surface area contributed by atoms with Gasteiger partial charge in [0, 0.05) is 18.8 Å². The topological polar surface area (TPSA) is 46.3 Å². The van der Waals surface area contributed by atoms with Crippen LogP contribution in [0.1, 0.15) is 17.5 Å². The third kappa shape index (κ3) is 2.02. The molecule has 1 heterocycles. The molecule has 1 aliphatic heterocycles. The van der Waals surface area contributed by atoms with Crippen LogP contribution in [0.2, 0.25) is 0 Å². The summed E-state index contributed by atoms with van der Waals surface area (Å²) in [5, 5.41) is 0. The van der Waals surface area contributed by atoms with Crippen LogP contribution in [0.15, 0.2) is 18.2 Å². The molecule has 1 aromatic carbocycles. The van der Waals surface area contributed by atoms with E-state index in [0.29, 0.717) is 13.1 Å². The molecular formula is C12H16N2O. The first-order valence-corrected chi connectivity index (χ1v) is 5.35. The Bertz CT molecular complexity index is 363. The van der Waals surface area contributed by atoms with Crippen molar-refractivity contribution in [3.63, 3.8) is 0 Å². The predicted molar refractivity (Wildman–Crippen MR) is 60.9 cm³/mol. The lowest BCUT2D eigenvalue weighted by Crippen LogP contribution is -2.31. The highest BCUT2D eigenvalue weighted by molar-refractivity contribution is 5.65. The lowest BCUT2D eigenvalue weighted by atomic mass is 9.99. The highest BCUT2D eigenvalue weighted by Gasteiger charge is 2.16. The van der Waals surface area contributed by atoms with Crippen LogP contribution in [-0.2, 0) is 17.8 Å². The van der Waals surface area contributed by atoms with Crippen molar-refractivity contribution in [2.75, 3.05) is 18.0 Å². The quantitative estimate of drug-likeness (QED) is 0.750. The van der Waals surface area contributed by atoms with Crippen LogP contribution < -0.4 is 10.6 Å². The summed E-state index contributed by atoms with van der Waals surface area (Å²) in [4.78, 5) is 12.7. The van der Waals surface area contributed by atoms with Gasteiger partial charge in [-0.15, -0.1) is 0 Å². The second kappa shape index (κ2) is 4.45. The molecule has 0 saturated carbocycles. The van der Waals surface area contributed by atoms with Crippen LogP contribution >= 0.6 is 0 Å². The first-order chi connectivity index (χ1) is 7.35. The number of hydrogen-bond acceptors (Lipinski definition) is 3. The van der Waals surface area contributed by atoms with E-state index in [1.807, 2.05) is 0 Å². The van der Waals surface area contributed by atoms with Gasteiger partial charge in [-0.25, -0.2) is 0 Å². The van der Waals surface area contributed by atoms with Gasteiger partial charge in [0.15, 0.2) is 0 Å². The van der Waals surface area contributed by atoms with Gasteiger partial charge in [-0.3, -0.25) is 0 Å². The van der Waals surface area contributed by atoms with Gasteiger partial charge >= 0.3 is 0 Å². The Labute approximate surface area is 89.9 Å². The van der Waals surface area contributed by atoms with Gasteiger partial charge < -0.3 is 15.4 Å². The highest BCUT2D eigenvalue weighted by atomic mass is 16.1. The summed E-state index contributed by atoms with van der Waals surface area (Å²) in [6, 6.07) is 6.32. The maximum Gasteiger partial charge on any atom is 0.139 e. The number of aldehydes is 1. The van der Waals surface area contributed by atoms with Crippen LogP contribution in [0.25, 0.3) is 0 Å². The number of rotatable bonds is 3. The number of fused-ring (bicyclic) bond motifs is 1. The lowest BCUT2D eigenvalue weighted by Gasteiger charge is -2.30. The fourth-order valence-electron chi connectivity index (χ4n) is 2.10. The van der Waals surface area contributed by atoms with Gasteiger partial charge in [0.1, 0.15) is 6.29 Å². The van der Waals surface area contributed by atoms with Crippen molar-refractivity contribution in [3.8, 4) is 0 Å². The fraction of sp³-hybridized carbons (Fsp3) is 0.417. The molecule has 2 rings (SSSR count). The largest absolute Gasteiger partial charge is 0.364 e. The van der Waals surface area contributed by atoms with Crippen molar-refractivity contribution in [3.05, 3.63) is 29.3 Å². The van der Waals surface area contributed by atoms with Gasteiger partial charge in [0.05, 0.1) is 6.54 Å². The summed E-state index contributed by atoms with van der Waals surface area (Å²) in [7, 11) is 0. The number of benzene rings is 1. The predicted octanol–water partition coefficient (Wildman–Crippen LogP) is 1.10. The van der Waals surface area contributed by atoms with E-state index in [4.69, 9.17) is 5.73 Å². The molecule has 80 valence electrons. The average Bonchev–Trinajstić information content (AvgIpc) is 2.29. The number of hydrogen-bond donors (Lipinski definition) is 1. The van der Waals surface area contributed by atoms with Crippen molar-refractivity contribution in [1.29, 1.82) is 0 Å². The maximum atomic E-state index is 10.6. The van der Waals surface area contributed by atoms with Crippen molar-refractivity contribution in [2.24, 2.45) is 5.73 Å². The molecule has 0 aliphatic carbocycles. The second-order valence-electron chi connectivity index (χ2n) is 3.88. The van der Waals surface area contributed by atoms with E-state index in [0.717, 1.165) is 31.2 Å². The van der Waals surface area contributed by atoms with Crippen molar-refractivity contribution >= 4 is 12.0 Å². The van der Waals surface area contributed by atoms with Gasteiger partial charge in [0.25, 0.3) is 0 Å². The van der Waals surface area contributed by atoms with E-state index in [1.54, 1.807) is 0 Å². The monoisotopic (exact) mass is 204 g/mol. The van der Waals surface area contributed by atoms with Gasteiger partial charge in [-0.05, 0) is 30.0 Å². The Morgan fingerprint density at radius 1 is 1.47 bits per heavy atom. The summed E-state index contributed by atoms with van der Waals surface area (Å²) in [6.45, 7) is 2.02. The Hall–Kier alpha value is -1.35. The summed E-state index contributed by atoms with van der Waals surface area (Å²) in [5.74, 6) is 0. The molecule has 1 aromatic rings. The third-order valence-corrected chi connectivity index (χ3v) is 2.90. The maximum absolute atomic E-state index is 10.6. The Morgan fingerprint density at radius 2 is 2.33 bits per heavy atom. The molecule has 0 fully saturated rings. The zero-order valence-corrected chi connectivity index (χ0v) is 8.78. The Morgan fingerprint density at radius 3 is 3.07 bits per heavy atom. The minimum Gasteiger partial charge on any atom is -0.364 e. The summed E-state index contributed by atoms with van der Waals surface area (Å²) in [5.41, 5.74) is 9.27. The number of nitrogens with two attached hydrogens (primary N) is 1. The van der Waals surface area contributed by atoms with Crippen molar-refractivity contribution in [1.82, 2.24) is 0 Å². The van der Waals surface area contributed by atoms with E-state index in [-0.39, 0.29) is 0 Å². The Kier molecular flexibility index (Phi) is 3.02. The summed E-state index contributed by atoms with van der Waals surface area (Å²) < 4.78 is 0. The van der Waals surface area contributed by atoms with Gasteiger partial charge in [-0.2, -0.15) is 0 Å². The first-order valence-electron chi connectivity index (χ1n) is 5.35. The van der Waals surface area contributed by atoms with E-state index in [2.05, 4.69) is 23.1 Å². The molecule has 0 unspecified atom stereocenters. The summed E-state index contributed by atoms with van der Waals surface area (Å²) in [6.07, 6.45) is 3.20. The second-order valence-corrected chi connectivity index (χ2v) is 3.88. The molecule has 0 atom stereocenters. The normalized spacial score (nSPS) is 14.9. The molecule has 0 bridgehead atoms. The molecule has 1 aliphatic rings. The first kappa shape index (κ1) is 10.2. The number of carbonyl (C=O) groups is 1. The van der Waals surface area contributed by atoms with E-state index in [9.17, 15) is 4.79 Å². The highest BCUT2D eigenvalue weighted by Crippen LogP contribution is 2.27. The van der Waals surface area contributed by atoms with E-state index >= 15 is 0 Å².